The van der Waals surface area contributed by atoms with Gasteiger partial charge in [0, 0.05) is 6.08 Å². The molecule has 1 aliphatic heterocycles. The van der Waals surface area contributed by atoms with Gasteiger partial charge in [0.05, 0.1) is 0 Å². The van der Waals surface area contributed by atoms with Crippen LogP contribution in [0.2, 0.25) is 0 Å². The molecule has 78 valence electrons. The maximum atomic E-state index is 10.9. The number of cyclic esters (lactones) is 1. The molecule has 2 atom stereocenters. The van der Waals surface area contributed by atoms with Crippen molar-refractivity contribution in [2.24, 2.45) is 11.8 Å². The van der Waals surface area contributed by atoms with Crippen LogP contribution in [0.1, 0.15) is 39.0 Å². The molecule has 0 unspecified atom stereocenters. The van der Waals surface area contributed by atoms with Crippen molar-refractivity contribution in [3.05, 3.63) is 11.6 Å². The van der Waals surface area contributed by atoms with Gasteiger partial charge in [0.2, 0.25) is 0 Å². The highest BCUT2D eigenvalue weighted by Gasteiger charge is 2.40. The third-order valence-electron chi connectivity index (χ3n) is 3.26. The molecule has 0 radical (unpaired) electrons. The lowest BCUT2D eigenvalue weighted by Crippen LogP contribution is -1.94. The molecule has 0 bridgehead atoms. The van der Waals surface area contributed by atoms with Crippen LogP contribution in [0.4, 0.5) is 0 Å². The summed E-state index contributed by atoms with van der Waals surface area (Å²) >= 11 is 0. The van der Waals surface area contributed by atoms with E-state index < -0.39 is 0 Å². The fraction of sp³-hybridized carbons (Fsp3) is 0.750. The quantitative estimate of drug-likeness (QED) is 0.497. The predicted molar refractivity (Wildman–Crippen MR) is 54.8 cm³/mol. The standard InChI is InChI=1S/C12H18O2/c1-2-3-4-5-9-6-11(9)10-7-12(13)14-8-10/h7,9,11H,2-6,8H2,1H3/t9-,11-/m0/s1. The van der Waals surface area contributed by atoms with Gasteiger partial charge < -0.3 is 4.74 Å². The molecule has 0 spiro atoms. The number of esters is 1. The van der Waals surface area contributed by atoms with Gasteiger partial charge in [-0.2, -0.15) is 0 Å². The minimum Gasteiger partial charge on any atom is -0.458 e. The van der Waals surface area contributed by atoms with Crippen LogP contribution in [0, 0.1) is 11.8 Å². The first-order valence-corrected chi connectivity index (χ1v) is 5.68. The molecule has 0 saturated heterocycles. The van der Waals surface area contributed by atoms with Gasteiger partial charge >= 0.3 is 5.97 Å². The molecule has 0 aromatic heterocycles. The zero-order valence-electron chi connectivity index (χ0n) is 8.79. The lowest BCUT2D eigenvalue weighted by molar-refractivity contribution is -0.134. The third kappa shape index (κ3) is 2.17. The second-order valence-electron chi connectivity index (χ2n) is 4.43. The molecule has 0 amide bonds. The van der Waals surface area contributed by atoms with Gasteiger partial charge in [-0.3, -0.25) is 0 Å². The Morgan fingerprint density at radius 1 is 1.50 bits per heavy atom. The number of rotatable bonds is 5. The second-order valence-corrected chi connectivity index (χ2v) is 4.43. The van der Waals surface area contributed by atoms with Crippen LogP contribution >= 0.6 is 0 Å². The molecule has 2 heteroatoms. The van der Waals surface area contributed by atoms with E-state index in [2.05, 4.69) is 6.92 Å². The highest BCUT2D eigenvalue weighted by molar-refractivity contribution is 5.85. The van der Waals surface area contributed by atoms with Gasteiger partial charge in [-0.25, -0.2) is 4.79 Å². The summed E-state index contributed by atoms with van der Waals surface area (Å²) in [6, 6.07) is 0. The Balaban J connectivity index is 1.71. The summed E-state index contributed by atoms with van der Waals surface area (Å²) in [4.78, 5) is 10.9. The number of carbonyl (C=O) groups excluding carboxylic acids is 1. The van der Waals surface area contributed by atoms with Gasteiger partial charge in [-0.15, -0.1) is 0 Å². The van der Waals surface area contributed by atoms with E-state index in [4.69, 9.17) is 4.74 Å². The van der Waals surface area contributed by atoms with Crippen molar-refractivity contribution in [3.63, 3.8) is 0 Å². The maximum absolute atomic E-state index is 10.9. The average Bonchev–Trinajstić information content (AvgIpc) is 2.81. The molecular formula is C12H18O2. The minimum absolute atomic E-state index is 0.140. The Kier molecular flexibility index (Phi) is 2.90. The molecule has 2 rings (SSSR count). The number of unbranched alkanes of at least 4 members (excludes halogenated alkanes) is 2. The van der Waals surface area contributed by atoms with Crippen LogP contribution in [0.5, 0.6) is 0 Å². The molecular weight excluding hydrogens is 176 g/mol. The third-order valence-corrected chi connectivity index (χ3v) is 3.26. The monoisotopic (exact) mass is 194 g/mol. The zero-order valence-corrected chi connectivity index (χ0v) is 8.79. The first-order chi connectivity index (χ1) is 6.81. The predicted octanol–water partition coefficient (Wildman–Crippen LogP) is 2.69. The van der Waals surface area contributed by atoms with Crippen LogP contribution in [0.25, 0.3) is 0 Å². The number of carbonyl (C=O) groups is 1. The number of hydrogen-bond acceptors (Lipinski definition) is 2. The maximum Gasteiger partial charge on any atom is 0.331 e. The summed E-state index contributed by atoms with van der Waals surface area (Å²) in [5.41, 5.74) is 1.25. The Bertz CT molecular complexity index is 255. The van der Waals surface area contributed by atoms with E-state index in [1.54, 1.807) is 6.08 Å². The highest BCUT2D eigenvalue weighted by atomic mass is 16.5. The van der Waals surface area contributed by atoms with E-state index in [9.17, 15) is 4.79 Å². The summed E-state index contributed by atoms with van der Waals surface area (Å²) < 4.78 is 4.91. The molecule has 2 nitrogen and oxygen atoms in total. The zero-order chi connectivity index (χ0) is 9.97. The fourth-order valence-corrected chi connectivity index (χ4v) is 2.28. The van der Waals surface area contributed by atoms with Gasteiger partial charge in [0.25, 0.3) is 0 Å². The molecule has 0 N–H and O–H groups in total. The average molecular weight is 194 g/mol. The minimum atomic E-state index is -0.140. The van der Waals surface area contributed by atoms with Gasteiger partial charge in [0.15, 0.2) is 0 Å². The summed E-state index contributed by atoms with van der Waals surface area (Å²) in [6.07, 6.45) is 8.31. The number of hydrogen-bond donors (Lipinski definition) is 0. The van der Waals surface area contributed by atoms with Crippen molar-refractivity contribution in [1.82, 2.24) is 0 Å². The first kappa shape index (κ1) is 9.75. The van der Waals surface area contributed by atoms with E-state index in [0.29, 0.717) is 12.5 Å². The molecule has 0 aromatic rings. The van der Waals surface area contributed by atoms with Gasteiger partial charge in [-0.1, -0.05) is 26.2 Å². The van der Waals surface area contributed by atoms with E-state index in [0.717, 1.165) is 5.92 Å². The Morgan fingerprint density at radius 3 is 3.00 bits per heavy atom. The van der Waals surface area contributed by atoms with E-state index in [-0.39, 0.29) is 5.97 Å². The van der Waals surface area contributed by atoms with Crippen molar-refractivity contribution < 1.29 is 9.53 Å². The molecule has 1 fully saturated rings. The van der Waals surface area contributed by atoms with Crippen molar-refractivity contribution >= 4 is 5.97 Å². The van der Waals surface area contributed by atoms with Crippen LogP contribution in [-0.4, -0.2) is 12.6 Å². The second kappa shape index (κ2) is 4.16. The Hall–Kier alpha value is -0.790. The van der Waals surface area contributed by atoms with Crippen molar-refractivity contribution in [1.29, 1.82) is 0 Å². The summed E-state index contributed by atoms with van der Waals surface area (Å²) in [5.74, 6) is 1.39. The van der Waals surface area contributed by atoms with E-state index in [1.807, 2.05) is 0 Å². The van der Waals surface area contributed by atoms with Crippen LogP contribution in [-0.2, 0) is 9.53 Å². The van der Waals surface area contributed by atoms with Crippen LogP contribution in [0.15, 0.2) is 11.6 Å². The molecule has 14 heavy (non-hydrogen) atoms. The first-order valence-electron chi connectivity index (χ1n) is 5.68. The van der Waals surface area contributed by atoms with Crippen LogP contribution < -0.4 is 0 Å². The largest absolute Gasteiger partial charge is 0.458 e. The van der Waals surface area contributed by atoms with Crippen molar-refractivity contribution in [2.75, 3.05) is 6.61 Å². The SMILES string of the molecule is CCCCC[C@H]1C[C@@H]1C1=CC(=O)OC1. The molecule has 1 heterocycles. The summed E-state index contributed by atoms with van der Waals surface area (Å²) in [7, 11) is 0. The lowest BCUT2D eigenvalue weighted by Gasteiger charge is -1.99. The normalized spacial score (nSPS) is 30.1. The smallest absolute Gasteiger partial charge is 0.331 e. The molecule has 1 saturated carbocycles. The molecule has 0 aromatic carbocycles. The van der Waals surface area contributed by atoms with Crippen LogP contribution in [0.3, 0.4) is 0 Å². The summed E-state index contributed by atoms with van der Waals surface area (Å²) in [5, 5.41) is 0. The fourth-order valence-electron chi connectivity index (χ4n) is 2.28. The van der Waals surface area contributed by atoms with Crippen molar-refractivity contribution in [2.45, 2.75) is 39.0 Å². The number of ether oxygens (including phenoxy) is 1. The van der Waals surface area contributed by atoms with E-state index in [1.165, 1.54) is 37.7 Å². The Morgan fingerprint density at radius 2 is 2.36 bits per heavy atom. The molecule has 2 aliphatic rings. The Labute approximate surface area is 85.3 Å². The van der Waals surface area contributed by atoms with E-state index >= 15 is 0 Å². The summed E-state index contributed by atoms with van der Waals surface area (Å²) in [6.45, 7) is 2.80. The lowest BCUT2D eigenvalue weighted by atomic mass is 10.1. The van der Waals surface area contributed by atoms with Crippen molar-refractivity contribution in [3.8, 4) is 0 Å². The van der Waals surface area contributed by atoms with Gasteiger partial charge in [0.1, 0.15) is 6.61 Å². The topological polar surface area (TPSA) is 26.3 Å². The molecule has 1 aliphatic carbocycles. The van der Waals surface area contributed by atoms with Gasteiger partial charge in [-0.05, 0) is 30.3 Å². The highest BCUT2D eigenvalue weighted by Crippen LogP contribution is 2.48.